The quantitative estimate of drug-likeness (QED) is 0.223. The van der Waals surface area contributed by atoms with Crippen molar-refractivity contribution < 1.29 is 22.3 Å². The minimum Gasteiger partial charge on any atom is -0.491 e. The van der Waals surface area contributed by atoms with Gasteiger partial charge >= 0.3 is 0 Å². The van der Waals surface area contributed by atoms with E-state index in [1.165, 1.54) is 12.1 Å². The molecule has 1 aliphatic rings. The highest BCUT2D eigenvalue weighted by molar-refractivity contribution is 5.71. The van der Waals surface area contributed by atoms with Gasteiger partial charge in [-0.3, -0.25) is 0 Å². The molecule has 3 aromatic rings. The topological polar surface area (TPSA) is 9.23 Å². The van der Waals surface area contributed by atoms with E-state index >= 15 is 8.78 Å². The van der Waals surface area contributed by atoms with Gasteiger partial charge in [-0.2, -0.15) is 4.39 Å². The summed E-state index contributed by atoms with van der Waals surface area (Å²) in [7, 11) is 0. The SMILES string of the molecule is CC=CCCC1CCC(c2ccc(-c3ccc(-c4ccc(OCC)c(F)c4F)cc3)c(F)c2F)CC1. The molecule has 0 aromatic heterocycles. The molecule has 0 saturated heterocycles. The number of hydrogen-bond acceptors (Lipinski definition) is 1. The summed E-state index contributed by atoms with van der Waals surface area (Å²) in [6.07, 6.45) is 10.3. The van der Waals surface area contributed by atoms with Crippen molar-refractivity contribution in [2.45, 2.75) is 58.3 Å². The van der Waals surface area contributed by atoms with Crippen molar-refractivity contribution in [3.8, 4) is 28.0 Å². The molecule has 1 fully saturated rings. The van der Waals surface area contributed by atoms with Crippen LogP contribution in [0, 0.1) is 29.2 Å². The first-order chi connectivity index (χ1) is 17.4. The average Bonchev–Trinajstić information content (AvgIpc) is 2.90. The van der Waals surface area contributed by atoms with Crippen molar-refractivity contribution in [2.24, 2.45) is 5.92 Å². The summed E-state index contributed by atoms with van der Waals surface area (Å²) in [4.78, 5) is 0. The molecule has 0 bridgehead atoms. The van der Waals surface area contributed by atoms with Crippen molar-refractivity contribution in [2.75, 3.05) is 6.61 Å². The molecule has 0 unspecified atom stereocenters. The molecule has 0 spiro atoms. The summed E-state index contributed by atoms with van der Waals surface area (Å²) in [5.41, 5.74) is 1.59. The van der Waals surface area contributed by atoms with Gasteiger partial charge in [0.15, 0.2) is 23.2 Å². The molecular weight excluding hydrogens is 464 g/mol. The molecule has 190 valence electrons. The fourth-order valence-electron chi connectivity index (χ4n) is 5.21. The van der Waals surface area contributed by atoms with Crippen molar-refractivity contribution in [1.29, 1.82) is 0 Å². The zero-order valence-corrected chi connectivity index (χ0v) is 20.8. The molecule has 0 amide bonds. The number of rotatable bonds is 8. The van der Waals surface area contributed by atoms with Crippen LogP contribution in [0.3, 0.4) is 0 Å². The van der Waals surface area contributed by atoms with Crippen LogP contribution in [0.1, 0.15) is 63.9 Å². The lowest BCUT2D eigenvalue weighted by Gasteiger charge is -2.29. The van der Waals surface area contributed by atoms with Crippen LogP contribution in [-0.2, 0) is 0 Å². The molecule has 1 aliphatic carbocycles. The maximum absolute atomic E-state index is 15.1. The summed E-state index contributed by atoms with van der Waals surface area (Å²) < 4.78 is 64.2. The summed E-state index contributed by atoms with van der Waals surface area (Å²) in [6, 6.07) is 12.5. The van der Waals surface area contributed by atoms with Gasteiger partial charge in [0, 0.05) is 11.1 Å². The summed E-state index contributed by atoms with van der Waals surface area (Å²) in [6.45, 7) is 3.94. The third-order valence-electron chi connectivity index (χ3n) is 7.23. The number of hydrogen-bond donors (Lipinski definition) is 0. The van der Waals surface area contributed by atoms with Crippen LogP contribution in [-0.4, -0.2) is 6.61 Å². The van der Waals surface area contributed by atoms with Crippen LogP contribution in [0.5, 0.6) is 5.75 Å². The van der Waals surface area contributed by atoms with Crippen molar-refractivity contribution in [3.63, 3.8) is 0 Å². The Bertz CT molecular complexity index is 1210. The van der Waals surface area contributed by atoms with Gasteiger partial charge in [-0.15, -0.1) is 0 Å². The van der Waals surface area contributed by atoms with E-state index in [4.69, 9.17) is 4.74 Å². The Kier molecular flexibility index (Phi) is 8.50. The van der Waals surface area contributed by atoms with Gasteiger partial charge in [-0.25, -0.2) is 13.2 Å². The Labute approximate surface area is 210 Å². The molecule has 1 nitrogen and oxygen atoms in total. The highest BCUT2D eigenvalue weighted by atomic mass is 19.2. The van der Waals surface area contributed by atoms with Crippen LogP contribution in [0.25, 0.3) is 22.3 Å². The van der Waals surface area contributed by atoms with E-state index in [-0.39, 0.29) is 29.4 Å². The second kappa shape index (κ2) is 11.8. The van der Waals surface area contributed by atoms with Crippen molar-refractivity contribution >= 4 is 0 Å². The maximum Gasteiger partial charge on any atom is 0.201 e. The smallest absolute Gasteiger partial charge is 0.201 e. The van der Waals surface area contributed by atoms with Crippen LogP contribution >= 0.6 is 0 Å². The van der Waals surface area contributed by atoms with E-state index in [2.05, 4.69) is 12.2 Å². The highest BCUT2D eigenvalue weighted by Gasteiger charge is 2.26. The van der Waals surface area contributed by atoms with Gasteiger partial charge in [0.05, 0.1) is 6.61 Å². The lowest BCUT2D eigenvalue weighted by atomic mass is 9.77. The molecule has 0 aliphatic heterocycles. The van der Waals surface area contributed by atoms with Gasteiger partial charge in [-0.1, -0.05) is 48.6 Å². The Morgan fingerprint density at radius 2 is 1.33 bits per heavy atom. The average molecular weight is 497 g/mol. The molecule has 0 heterocycles. The molecule has 36 heavy (non-hydrogen) atoms. The fourth-order valence-corrected chi connectivity index (χ4v) is 5.21. The van der Waals surface area contributed by atoms with Gasteiger partial charge in [0.1, 0.15) is 0 Å². The highest BCUT2D eigenvalue weighted by Crippen LogP contribution is 2.40. The van der Waals surface area contributed by atoms with E-state index in [0.717, 1.165) is 38.5 Å². The number of allylic oxidation sites excluding steroid dienone is 2. The van der Waals surface area contributed by atoms with Crippen LogP contribution < -0.4 is 4.74 Å². The molecular formula is C31H32F4O. The number of halogens is 4. The summed E-state index contributed by atoms with van der Waals surface area (Å²) >= 11 is 0. The van der Waals surface area contributed by atoms with Gasteiger partial charge in [-0.05, 0) is 93.0 Å². The predicted octanol–water partition coefficient (Wildman–Crippen LogP) is 9.61. The van der Waals surface area contributed by atoms with Gasteiger partial charge in [0.2, 0.25) is 5.82 Å². The van der Waals surface area contributed by atoms with Crippen LogP contribution in [0.2, 0.25) is 0 Å². The maximum atomic E-state index is 15.1. The Hall–Kier alpha value is -3.08. The first-order valence-corrected chi connectivity index (χ1v) is 12.7. The minimum absolute atomic E-state index is 0.0337. The Balaban J connectivity index is 1.50. The zero-order chi connectivity index (χ0) is 25.7. The lowest BCUT2D eigenvalue weighted by Crippen LogP contribution is -2.15. The second-order valence-corrected chi connectivity index (χ2v) is 9.44. The largest absolute Gasteiger partial charge is 0.491 e. The predicted molar refractivity (Wildman–Crippen MR) is 137 cm³/mol. The molecule has 3 aromatic carbocycles. The molecule has 0 radical (unpaired) electrons. The number of benzene rings is 3. The summed E-state index contributed by atoms with van der Waals surface area (Å²) in [5, 5.41) is 0. The first kappa shape index (κ1) is 26.0. The lowest BCUT2D eigenvalue weighted by molar-refractivity contribution is 0.306. The third kappa shape index (κ3) is 5.50. The normalized spacial score (nSPS) is 18.1. The van der Waals surface area contributed by atoms with Crippen molar-refractivity contribution in [1.82, 2.24) is 0 Å². The molecule has 1 saturated carbocycles. The Morgan fingerprint density at radius 1 is 0.750 bits per heavy atom. The standard InChI is InChI=1S/C31H32F4O/c1-3-5-6-7-20-8-10-21(11-9-20)24-16-17-25(29(33)28(24)32)22-12-14-23(15-13-22)26-18-19-27(36-4-2)31(35)30(26)34/h3,5,12-21H,4,6-11H2,1-2H3. The van der Waals surface area contributed by atoms with E-state index in [9.17, 15) is 8.78 Å². The fraction of sp³-hybridized carbons (Fsp3) is 0.355. The second-order valence-electron chi connectivity index (χ2n) is 9.44. The minimum atomic E-state index is -1.05. The molecule has 0 atom stereocenters. The van der Waals surface area contributed by atoms with E-state index in [1.807, 2.05) is 6.92 Å². The number of ether oxygens (including phenoxy) is 1. The third-order valence-corrected chi connectivity index (χ3v) is 7.23. The van der Waals surface area contributed by atoms with Crippen LogP contribution in [0.15, 0.2) is 60.7 Å². The Morgan fingerprint density at radius 3 is 1.92 bits per heavy atom. The van der Waals surface area contributed by atoms with E-state index in [0.29, 0.717) is 22.6 Å². The molecule has 0 N–H and O–H groups in total. The molecule has 5 heteroatoms. The summed E-state index contributed by atoms with van der Waals surface area (Å²) in [5.74, 6) is -3.17. The van der Waals surface area contributed by atoms with E-state index < -0.39 is 23.3 Å². The van der Waals surface area contributed by atoms with Crippen molar-refractivity contribution in [3.05, 3.63) is 89.5 Å². The zero-order valence-electron chi connectivity index (χ0n) is 20.8. The van der Waals surface area contributed by atoms with Crippen LogP contribution in [0.4, 0.5) is 17.6 Å². The first-order valence-electron chi connectivity index (χ1n) is 12.7. The van der Waals surface area contributed by atoms with Gasteiger partial charge in [0.25, 0.3) is 0 Å². The molecule has 4 rings (SSSR count). The monoisotopic (exact) mass is 496 g/mol. The van der Waals surface area contributed by atoms with Gasteiger partial charge < -0.3 is 4.74 Å². The van der Waals surface area contributed by atoms with E-state index in [1.54, 1.807) is 43.3 Å².